The van der Waals surface area contributed by atoms with E-state index in [4.69, 9.17) is 20.9 Å². The maximum Gasteiger partial charge on any atom is 0.317 e. The molecular formula is C26H29N7O3. The van der Waals surface area contributed by atoms with Crippen LogP contribution in [0.5, 0.6) is 6.01 Å². The van der Waals surface area contributed by atoms with Gasteiger partial charge in [-0.05, 0) is 56.0 Å². The highest BCUT2D eigenvalue weighted by molar-refractivity contribution is 6.05. The van der Waals surface area contributed by atoms with Gasteiger partial charge in [0.2, 0.25) is 0 Å². The standard InChI is InChI=1S/C26H29N7O3/c1-4-21(15-8-10-35-14(15)3)36-26-29-9-7-19(32-26)20-11-16(23(27)24(31-20)25(28)34)22-13(2)5-6-18-17(22)12-30-33-18/h5-7,9,11-12,14-15,21H,4,8,10,27H2,1-3H3,(H2,28,34)(H,30,33)/t14?,15?,21-/m0/s1. The fourth-order valence-electron chi connectivity index (χ4n) is 4.95. The first kappa shape index (κ1) is 23.7. The first-order valence-electron chi connectivity index (χ1n) is 12.0. The lowest BCUT2D eigenvalue weighted by molar-refractivity contribution is 0.0499. The Bertz CT molecular complexity index is 1430. The van der Waals surface area contributed by atoms with Gasteiger partial charge < -0.3 is 20.9 Å². The number of primary amides is 1. The van der Waals surface area contributed by atoms with Gasteiger partial charge in [0.25, 0.3) is 5.91 Å². The molecule has 10 heteroatoms. The number of nitrogens with one attached hydrogen (secondary N) is 1. The van der Waals surface area contributed by atoms with Crippen molar-refractivity contribution < 1.29 is 14.3 Å². The Morgan fingerprint density at radius 2 is 2.11 bits per heavy atom. The van der Waals surface area contributed by atoms with Gasteiger partial charge in [-0.3, -0.25) is 9.89 Å². The van der Waals surface area contributed by atoms with Crippen LogP contribution >= 0.6 is 0 Å². The molecule has 0 radical (unpaired) electrons. The Labute approximate surface area is 208 Å². The van der Waals surface area contributed by atoms with E-state index in [1.165, 1.54) is 0 Å². The second-order valence-corrected chi connectivity index (χ2v) is 9.09. The van der Waals surface area contributed by atoms with Gasteiger partial charge in [-0.15, -0.1) is 0 Å². The van der Waals surface area contributed by atoms with Gasteiger partial charge in [-0.1, -0.05) is 13.0 Å². The quantitative estimate of drug-likeness (QED) is 0.357. The number of fused-ring (bicyclic) bond motifs is 1. The number of nitrogens with two attached hydrogens (primary N) is 2. The Morgan fingerprint density at radius 1 is 1.28 bits per heavy atom. The molecule has 3 aromatic heterocycles. The summed E-state index contributed by atoms with van der Waals surface area (Å²) in [5, 5.41) is 8.01. The zero-order chi connectivity index (χ0) is 25.4. The molecule has 186 valence electrons. The van der Waals surface area contributed by atoms with Crippen molar-refractivity contribution in [3.8, 4) is 28.5 Å². The van der Waals surface area contributed by atoms with Gasteiger partial charge in [0.15, 0.2) is 5.69 Å². The van der Waals surface area contributed by atoms with Crippen LogP contribution in [0, 0.1) is 12.8 Å². The van der Waals surface area contributed by atoms with Gasteiger partial charge in [-0.2, -0.15) is 10.1 Å². The normalized spacial score (nSPS) is 18.4. The van der Waals surface area contributed by atoms with Crippen LogP contribution in [0.1, 0.15) is 42.7 Å². The first-order valence-corrected chi connectivity index (χ1v) is 12.0. The number of benzene rings is 1. The average Bonchev–Trinajstić information content (AvgIpc) is 3.52. The zero-order valence-corrected chi connectivity index (χ0v) is 20.5. The second-order valence-electron chi connectivity index (χ2n) is 9.09. The summed E-state index contributed by atoms with van der Waals surface area (Å²) in [6, 6.07) is 7.69. The van der Waals surface area contributed by atoms with Gasteiger partial charge in [0.05, 0.1) is 34.9 Å². The fourth-order valence-corrected chi connectivity index (χ4v) is 4.95. The molecule has 2 unspecified atom stereocenters. The predicted molar refractivity (Wildman–Crippen MR) is 136 cm³/mol. The maximum absolute atomic E-state index is 12.3. The van der Waals surface area contributed by atoms with Gasteiger partial charge in [0, 0.05) is 29.7 Å². The summed E-state index contributed by atoms with van der Waals surface area (Å²) in [6.45, 7) is 6.84. The van der Waals surface area contributed by atoms with Crippen LogP contribution in [0.2, 0.25) is 0 Å². The molecule has 1 aliphatic rings. The summed E-state index contributed by atoms with van der Waals surface area (Å²) in [7, 11) is 0. The molecule has 10 nitrogen and oxygen atoms in total. The number of anilines is 1. The number of rotatable bonds is 7. The SMILES string of the molecule is CC[C@H](Oc1nccc(-c2cc(-c3c(C)ccc4[nH]ncc34)c(N)c(C(N)=O)n2)n1)C1CCOC1C. The van der Waals surface area contributed by atoms with E-state index in [1.54, 1.807) is 18.5 Å². The lowest BCUT2D eigenvalue weighted by Crippen LogP contribution is -2.31. The molecule has 4 heterocycles. The maximum atomic E-state index is 12.3. The van der Waals surface area contributed by atoms with E-state index in [9.17, 15) is 4.79 Å². The third kappa shape index (κ3) is 4.24. The molecule has 0 aliphatic carbocycles. The number of aromatic nitrogens is 5. The minimum Gasteiger partial charge on any atom is -0.460 e. The number of hydrogen-bond donors (Lipinski definition) is 3. The number of nitrogens with zero attached hydrogens (tertiary/aromatic N) is 4. The van der Waals surface area contributed by atoms with E-state index in [0.717, 1.165) is 41.5 Å². The summed E-state index contributed by atoms with van der Waals surface area (Å²) < 4.78 is 11.9. The Kier molecular flexibility index (Phi) is 6.27. The number of carbonyl (C=O) groups excluding carboxylic acids is 1. The van der Waals surface area contributed by atoms with Crippen molar-refractivity contribution in [1.82, 2.24) is 25.1 Å². The molecule has 0 spiro atoms. The minimum atomic E-state index is -0.723. The number of pyridine rings is 1. The number of ether oxygens (including phenoxy) is 2. The van der Waals surface area contributed by atoms with Crippen molar-refractivity contribution in [2.45, 2.75) is 45.8 Å². The van der Waals surface area contributed by atoms with Crippen LogP contribution in [0.3, 0.4) is 0 Å². The van der Waals surface area contributed by atoms with Crippen LogP contribution in [-0.2, 0) is 4.74 Å². The summed E-state index contributed by atoms with van der Waals surface area (Å²) in [5.41, 5.74) is 16.5. The molecule has 5 rings (SSSR count). The highest BCUT2D eigenvalue weighted by atomic mass is 16.5. The summed E-state index contributed by atoms with van der Waals surface area (Å²) in [4.78, 5) is 25.7. The minimum absolute atomic E-state index is 0.0214. The van der Waals surface area contributed by atoms with Gasteiger partial charge in [0.1, 0.15) is 6.10 Å². The molecule has 1 amide bonds. The Hall–Kier alpha value is -4.05. The molecule has 1 aromatic carbocycles. The third-order valence-electron chi connectivity index (χ3n) is 6.86. The van der Waals surface area contributed by atoms with Crippen LogP contribution in [0.15, 0.2) is 36.7 Å². The number of aryl methyl sites for hydroxylation is 1. The van der Waals surface area contributed by atoms with E-state index in [1.807, 2.05) is 25.1 Å². The van der Waals surface area contributed by atoms with E-state index < -0.39 is 5.91 Å². The smallest absolute Gasteiger partial charge is 0.317 e. The van der Waals surface area contributed by atoms with Gasteiger partial charge >= 0.3 is 6.01 Å². The number of carbonyl (C=O) groups is 1. The van der Waals surface area contributed by atoms with E-state index in [2.05, 4.69) is 39.0 Å². The van der Waals surface area contributed by atoms with Crippen LogP contribution in [-0.4, -0.2) is 49.9 Å². The number of nitrogen functional groups attached to an aromatic ring is 1. The molecule has 1 saturated heterocycles. The zero-order valence-electron chi connectivity index (χ0n) is 20.5. The number of H-pyrrole nitrogens is 1. The first-order chi connectivity index (χ1) is 17.4. The molecule has 0 saturated carbocycles. The van der Waals surface area contributed by atoms with Crippen molar-refractivity contribution in [1.29, 1.82) is 0 Å². The summed E-state index contributed by atoms with van der Waals surface area (Å²) in [6.07, 6.45) is 5.12. The monoisotopic (exact) mass is 487 g/mol. The topological polar surface area (TPSA) is 155 Å². The molecule has 0 bridgehead atoms. The molecular weight excluding hydrogens is 458 g/mol. The largest absolute Gasteiger partial charge is 0.460 e. The van der Waals surface area contributed by atoms with Crippen LogP contribution in [0.4, 0.5) is 5.69 Å². The molecule has 1 aliphatic heterocycles. The molecule has 5 N–H and O–H groups in total. The Morgan fingerprint density at radius 3 is 2.83 bits per heavy atom. The average molecular weight is 488 g/mol. The van der Waals surface area contributed by atoms with Crippen molar-refractivity contribution >= 4 is 22.5 Å². The highest BCUT2D eigenvalue weighted by Gasteiger charge is 2.33. The van der Waals surface area contributed by atoms with Gasteiger partial charge in [-0.25, -0.2) is 9.97 Å². The number of aromatic amines is 1. The third-order valence-corrected chi connectivity index (χ3v) is 6.86. The molecule has 1 fully saturated rings. The van der Waals surface area contributed by atoms with Crippen LogP contribution < -0.4 is 16.2 Å². The predicted octanol–water partition coefficient (Wildman–Crippen LogP) is 3.65. The molecule has 3 atom stereocenters. The van der Waals surface area contributed by atoms with Crippen molar-refractivity contribution in [2.24, 2.45) is 11.7 Å². The molecule has 4 aromatic rings. The van der Waals surface area contributed by atoms with Crippen molar-refractivity contribution in [2.75, 3.05) is 12.3 Å². The highest BCUT2D eigenvalue weighted by Crippen LogP contribution is 2.38. The van der Waals surface area contributed by atoms with E-state index in [0.29, 0.717) is 17.0 Å². The van der Waals surface area contributed by atoms with Crippen molar-refractivity contribution in [3.05, 3.63) is 47.9 Å². The number of hydrogen-bond acceptors (Lipinski definition) is 8. The fraction of sp³-hybridized carbons (Fsp3) is 0.346. The second kappa shape index (κ2) is 9.54. The Balaban J connectivity index is 1.59. The summed E-state index contributed by atoms with van der Waals surface area (Å²) >= 11 is 0. The van der Waals surface area contributed by atoms with E-state index >= 15 is 0 Å². The molecule has 36 heavy (non-hydrogen) atoms. The summed E-state index contributed by atoms with van der Waals surface area (Å²) in [5.74, 6) is -0.456. The lowest BCUT2D eigenvalue weighted by atomic mass is 9.94. The van der Waals surface area contributed by atoms with Crippen LogP contribution in [0.25, 0.3) is 33.4 Å². The number of amides is 1. The van der Waals surface area contributed by atoms with E-state index in [-0.39, 0.29) is 35.5 Å². The van der Waals surface area contributed by atoms with Crippen molar-refractivity contribution in [3.63, 3.8) is 0 Å². The lowest BCUT2D eigenvalue weighted by Gasteiger charge is -2.24.